The summed E-state index contributed by atoms with van der Waals surface area (Å²) in [5, 5.41) is 0.579. The minimum atomic E-state index is 0.579. The highest BCUT2D eigenvalue weighted by Gasteiger charge is 2.13. The van der Waals surface area contributed by atoms with Gasteiger partial charge in [-0.1, -0.05) is 11.6 Å². The third-order valence-corrected chi connectivity index (χ3v) is 1.88. The Morgan fingerprint density at radius 1 is 1.60 bits per heavy atom. The molecule has 0 radical (unpaired) electrons. The van der Waals surface area contributed by atoms with Crippen LogP contribution in [0, 0.1) is 0 Å². The largest absolute Gasteiger partial charge is 0.469 e. The van der Waals surface area contributed by atoms with E-state index in [0.29, 0.717) is 5.17 Å². The molecule has 1 aromatic rings. The average Bonchev–Trinajstić information content (AvgIpc) is 2.36. The van der Waals surface area contributed by atoms with Gasteiger partial charge in [0.05, 0.1) is 11.8 Å². The Balaban J connectivity index is 2.55. The van der Waals surface area contributed by atoms with Crippen LogP contribution in [0.2, 0.25) is 0 Å². The fourth-order valence-electron chi connectivity index (χ4n) is 1.06. The van der Waals surface area contributed by atoms with E-state index in [9.17, 15) is 0 Å². The van der Waals surface area contributed by atoms with Crippen molar-refractivity contribution in [1.82, 2.24) is 0 Å². The van der Waals surface area contributed by atoms with Gasteiger partial charge in [-0.3, -0.25) is 4.99 Å². The van der Waals surface area contributed by atoms with E-state index in [2.05, 4.69) is 4.99 Å². The predicted molar refractivity (Wildman–Crippen MR) is 39.7 cm³/mol. The van der Waals surface area contributed by atoms with Crippen molar-refractivity contribution in [1.29, 1.82) is 0 Å². The van der Waals surface area contributed by atoms with Crippen LogP contribution in [0.1, 0.15) is 11.3 Å². The fourth-order valence-corrected chi connectivity index (χ4v) is 1.31. The van der Waals surface area contributed by atoms with Crippen molar-refractivity contribution in [2.24, 2.45) is 4.99 Å². The molecule has 0 fully saturated rings. The number of furan rings is 1. The van der Waals surface area contributed by atoms with Gasteiger partial charge >= 0.3 is 0 Å². The summed E-state index contributed by atoms with van der Waals surface area (Å²) in [6, 6.07) is 1.85. The highest BCUT2D eigenvalue weighted by atomic mass is 35.5. The van der Waals surface area contributed by atoms with Gasteiger partial charge in [0.15, 0.2) is 0 Å². The van der Waals surface area contributed by atoms with Crippen LogP contribution in [0.15, 0.2) is 21.7 Å². The molecule has 0 saturated heterocycles. The van der Waals surface area contributed by atoms with Gasteiger partial charge in [0.25, 0.3) is 0 Å². The number of nitrogens with zero attached hydrogens (tertiary/aromatic N) is 1. The third-order valence-electron chi connectivity index (χ3n) is 1.56. The molecule has 0 aromatic carbocycles. The van der Waals surface area contributed by atoms with Gasteiger partial charge in [0.2, 0.25) is 0 Å². The number of hydrogen-bond acceptors (Lipinski definition) is 2. The van der Waals surface area contributed by atoms with Gasteiger partial charge in [-0.05, 0) is 6.07 Å². The lowest BCUT2D eigenvalue weighted by molar-refractivity contribution is 0.508. The Kier molecular flexibility index (Phi) is 1.27. The van der Waals surface area contributed by atoms with E-state index in [1.165, 1.54) is 0 Å². The summed E-state index contributed by atoms with van der Waals surface area (Å²) in [4.78, 5) is 4.07. The maximum atomic E-state index is 5.78. The fraction of sp³-hybridized carbons (Fsp3) is 0.286. The highest BCUT2D eigenvalue weighted by Crippen LogP contribution is 2.18. The van der Waals surface area contributed by atoms with Crippen molar-refractivity contribution in [3.8, 4) is 0 Å². The van der Waals surface area contributed by atoms with E-state index in [1.54, 1.807) is 6.26 Å². The Hall–Kier alpha value is -0.760. The second-order valence-corrected chi connectivity index (χ2v) is 2.54. The zero-order valence-corrected chi connectivity index (χ0v) is 6.06. The van der Waals surface area contributed by atoms with Crippen LogP contribution < -0.4 is 0 Å². The molecule has 2 heterocycles. The van der Waals surface area contributed by atoms with Gasteiger partial charge in [-0.25, -0.2) is 0 Å². The van der Waals surface area contributed by atoms with Gasteiger partial charge in [0.1, 0.15) is 10.9 Å². The summed E-state index contributed by atoms with van der Waals surface area (Å²) in [5.41, 5.74) is 0.952. The normalized spacial score (nSPS) is 16.3. The molecule has 10 heavy (non-hydrogen) atoms. The molecule has 1 aliphatic heterocycles. The van der Waals surface area contributed by atoms with Gasteiger partial charge in [0, 0.05) is 13.0 Å². The van der Waals surface area contributed by atoms with E-state index in [1.807, 2.05) is 6.07 Å². The van der Waals surface area contributed by atoms with Crippen molar-refractivity contribution in [3.05, 3.63) is 23.7 Å². The van der Waals surface area contributed by atoms with Crippen molar-refractivity contribution in [2.45, 2.75) is 6.42 Å². The van der Waals surface area contributed by atoms with E-state index >= 15 is 0 Å². The maximum absolute atomic E-state index is 5.78. The van der Waals surface area contributed by atoms with E-state index in [4.69, 9.17) is 16.0 Å². The van der Waals surface area contributed by atoms with Gasteiger partial charge in [-0.2, -0.15) is 0 Å². The topological polar surface area (TPSA) is 25.5 Å². The average molecular weight is 156 g/mol. The van der Waals surface area contributed by atoms with Gasteiger partial charge < -0.3 is 4.42 Å². The van der Waals surface area contributed by atoms with Gasteiger partial charge in [-0.15, -0.1) is 0 Å². The number of fused-ring (bicyclic) bond motifs is 1. The van der Waals surface area contributed by atoms with Crippen LogP contribution in [0.4, 0.5) is 0 Å². The number of rotatable bonds is 0. The molecule has 2 nitrogen and oxygen atoms in total. The van der Waals surface area contributed by atoms with E-state index in [0.717, 1.165) is 24.3 Å². The quantitative estimate of drug-likeness (QED) is 0.561. The van der Waals surface area contributed by atoms with E-state index in [-0.39, 0.29) is 0 Å². The summed E-state index contributed by atoms with van der Waals surface area (Å²) in [5.74, 6) is 0.958. The summed E-state index contributed by atoms with van der Waals surface area (Å²) < 4.78 is 5.16. The van der Waals surface area contributed by atoms with Crippen molar-refractivity contribution in [2.75, 3.05) is 6.54 Å². The summed E-state index contributed by atoms with van der Waals surface area (Å²) in [6.45, 7) is 0.749. The molecular formula is C7H6ClNO. The zero-order valence-electron chi connectivity index (χ0n) is 5.30. The molecular weight excluding hydrogens is 150 g/mol. The second-order valence-electron chi connectivity index (χ2n) is 2.18. The summed E-state index contributed by atoms with van der Waals surface area (Å²) in [7, 11) is 0. The Morgan fingerprint density at radius 3 is 3.30 bits per heavy atom. The molecule has 0 amide bonds. The predicted octanol–water partition coefficient (Wildman–Crippen LogP) is 1.82. The smallest absolute Gasteiger partial charge is 0.134 e. The minimum Gasteiger partial charge on any atom is -0.469 e. The maximum Gasteiger partial charge on any atom is 0.134 e. The van der Waals surface area contributed by atoms with E-state index < -0.39 is 0 Å². The number of hydrogen-bond donors (Lipinski definition) is 0. The van der Waals surface area contributed by atoms with Crippen LogP contribution in [0.3, 0.4) is 0 Å². The van der Waals surface area contributed by atoms with Crippen molar-refractivity contribution in [3.63, 3.8) is 0 Å². The lowest BCUT2D eigenvalue weighted by Crippen LogP contribution is -2.04. The molecule has 2 rings (SSSR count). The number of halogens is 1. The first-order valence-corrected chi connectivity index (χ1v) is 3.52. The first-order valence-electron chi connectivity index (χ1n) is 3.14. The lowest BCUT2D eigenvalue weighted by atomic mass is 10.2. The molecule has 0 N–H and O–H groups in total. The molecule has 52 valence electrons. The lowest BCUT2D eigenvalue weighted by Gasteiger charge is -2.04. The second kappa shape index (κ2) is 2.13. The molecule has 0 aliphatic carbocycles. The third kappa shape index (κ3) is 0.762. The van der Waals surface area contributed by atoms with Crippen LogP contribution in [0.5, 0.6) is 0 Å². The summed E-state index contributed by atoms with van der Waals surface area (Å²) in [6.07, 6.45) is 2.52. The zero-order chi connectivity index (χ0) is 6.97. The van der Waals surface area contributed by atoms with Crippen LogP contribution >= 0.6 is 11.6 Å². The molecule has 3 heteroatoms. The molecule has 0 unspecified atom stereocenters. The first kappa shape index (κ1) is 5.98. The Morgan fingerprint density at radius 2 is 2.50 bits per heavy atom. The Labute approximate surface area is 63.5 Å². The molecule has 0 saturated carbocycles. The molecule has 0 bridgehead atoms. The highest BCUT2D eigenvalue weighted by molar-refractivity contribution is 6.69. The first-order chi connectivity index (χ1) is 4.88. The Bertz CT molecular complexity index is 277. The standard InChI is InChI=1S/C7H6ClNO/c8-7-5-2-4-10-6(5)1-3-9-7/h2,4H,1,3H2. The minimum absolute atomic E-state index is 0.579. The molecule has 0 spiro atoms. The monoisotopic (exact) mass is 155 g/mol. The number of aliphatic imine (C=N–C) groups is 1. The van der Waals surface area contributed by atoms with Crippen LogP contribution in [-0.2, 0) is 6.42 Å². The van der Waals surface area contributed by atoms with Crippen molar-refractivity contribution >= 4 is 16.8 Å². The summed E-state index contributed by atoms with van der Waals surface area (Å²) >= 11 is 5.78. The van der Waals surface area contributed by atoms with Crippen LogP contribution in [0.25, 0.3) is 0 Å². The van der Waals surface area contributed by atoms with Crippen molar-refractivity contribution < 1.29 is 4.42 Å². The molecule has 0 atom stereocenters. The molecule has 1 aliphatic rings. The SMILES string of the molecule is ClC1=NCCc2occc21. The molecule has 1 aromatic heterocycles. The van der Waals surface area contributed by atoms with Crippen LogP contribution in [-0.4, -0.2) is 11.7 Å².